The maximum absolute atomic E-state index is 12.0. The molecule has 116 valence electrons. The van der Waals surface area contributed by atoms with Crippen LogP contribution < -0.4 is 4.74 Å². The third kappa shape index (κ3) is 4.24. The Bertz CT molecular complexity index is 780. The van der Waals surface area contributed by atoms with Crippen LogP contribution in [0.3, 0.4) is 0 Å². The van der Waals surface area contributed by atoms with Crippen molar-refractivity contribution in [3.05, 3.63) is 64.6 Å². The van der Waals surface area contributed by atoms with Gasteiger partial charge in [-0.3, -0.25) is 0 Å². The molecule has 0 saturated carbocycles. The Hall–Kier alpha value is -3.48. The summed E-state index contributed by atoms with van der Waals surface area (Å²) in [5.41, 5.74) is 0.435. The van der Waals surface area contributed by atoms with Crippen molar-refractivity contribution in [2.24, 2.45) is 5.18 Å². The van der Waals surface area contributed by atoms with Crippen LogP contribution in [0.5, 0.6) is 11.5 Å². The minimum atomic E-state index is -1.06. The van der Waals surface area contributed by atoms with E-state index >= 15 is 0 Å². The summed E-state index contributed by atoms with van der Waals surface area (Å²) in [6, 6.07) is 9.75. The predicted octanol–water partition coefficient (Wildman–Crippen LogP) is 3.11. The van der Waals surface area contributed by atoms with Crippen LogP contribution in [0.15, 0.2) is 53.7 Å². The smallest absolute Gasteiger partial charge is 0.343 e. The summed E-state index contributed by atoms with van der Waals surface area (Å²) < 4.78 is 5.12. The molecule has 7 heteroatoms. The van der Waals surface area contributed by atoms with Crippen molar-refractivity contribution in [2.45, 2.75) is 0 Å². The summed E-state index contributed by atoms with van der Waals surface area (Å²) in [6.07, 6.45) is 2.39. The van der Waals surface area contributed by atoms with Gasteiger partial charge in [-0.15, -0.1) is 4.91 Å². The molecule has 0 bridgehead atoms. The Kier molecular flexibility index (Phi) is 4.83. The van der Waals surface area contributed by atoms with Crippen LogP contribution in [0.25, 0.3) is 6.08 Å². The van der Waals surface area contributed by atoms with Gasteiger partial charge in [-0.25, -0.2) is 9.59 Å². The lowest BCUT2D eigenvalue weighted by Crippen LogP contribution is -2.08. The summed E-state index contributed by atoms with van der Waals surface area (Å²) in [7, 11) is 0. The zero-order valence-corrected chi connectivity index (χ0v) is 11.7. The second-order valence-corrected chi connectivity index (χ2v) is 4.42. The number of hydrogen-bond donors (Lipinski definition) is 2. The standard InChI is InChI=1S/C16H11NO6/c18-14-7-4-11(9-13(14)17-22)16(21)23-12-5-1-10(2-6-12)3-8-15(19)20/h1-9,18H,(H,19,20)/b8-3-. The summed E-state index contributed by atoms with van der Waals surface area (Å²) in [6.45, 7) is 0. The number of aromatic hydroxyl groups is 1. The summed E-state index contributed by atoms with van der Waals surface area (Å²) >= 11 is 0. The van der Waals surface area contributed by atoms with Gasteiger partial charge < -0.3 is 14.9 Å². The largest absolute Gasteiger partial charge is 0.506 e. The number of ether oxygens (including phenoxy) is 1. The molecular weight excluding hydrogens is 302 g/mol. The van der Waals surface area contributed by atoms with Crippen molar-refractivity contribution >= 4 is 23.7 Å². The lowest BCUT2D eigenvalue weighted by molar-refractivity contribution is -0.131. The molecular formula is C16H11NO6. The molecule has 2 rings (SSSR count). The number of nitroso groups, excluding NO2 is 1. The summed E-state index contributed by atoms with van der Waals surface area (Å²) in [4.78, 5) is 32.9. The van der Waals surface area contributed by atoms with E-state index < -0.39 is 11.9 Å². The maximum Gasteiger partial charge on any atom is 0.343 e. The second-order valence-electron chi connectivity index (χ2n) is 4.42. The molecule has 0 fully saturated rings. The van der Waals surface area contributed by atoms with Crippen LogP contribution in [-0.2, 0) is 4.79 Å². The number of hydrogen-bond acceptors (Lipinski definition) is 6. The highest BCUT2D eigenvalue weighted by molar-refractivity contribution is 5.92. The average Bonchev–Trinajstić information content (AvgIpc) is 2.54. The Balaban J connectivity index is 2.11. The highest BCUT2D eigenvalue weighted by Crippen LogP contribution is 2.27. The van der Waals surface area contributed by atoms with Crippen molar-refractivity contribution in [3.8, 4) is 11.5 Å². The molecule has 23 heavy (non-hydrogen) atoms. The molecule has 0 saturated heterocycles. The first kappa shape index (κ1) is 15.9. The lowest BCUT2D eigenvalue weighted by Gasteiger charge is -2.05. The van der Waals surface area contributed by atoms with Gasteiger partial charge in [0.15, 0.2) is 0 Å². The lowest BCUT2D eigenvalue weighted by atomic mass is 10.2. The van der Waals surface area contributed by atoms with Gasteiger partial charge in [0.05, 0.1) is 5.56 Å². The first-order chi connectivity index (χ1) is 11.0. The van der Waals surface area contributed by atoms with Crippen LogP contribution in [0.1, 0.15) is 15.9 Å². The Morgan fingerprint density at radius 2 is 1.78 bits per heavy atom. The first-order valence-corrected chi connectivity index (χ1v) is 6.39. The van der Waals surface area contributed by atoms with Crippen molar-refractivity contribution < 1.29 is 24.5 Å². The maximum atomic E-state index is 12.0. The van der Waals surface area contributed by atoms with E-state index in [4.69, 9.17) is 9.84 Å². The molecule has 0 unspecified atom stereocenters. The van der Waals surface area contributed by atoms with E-state index in [0.29, 0.717) is 5.56 Å². The van der Waals surface area contributed by atoms with Gasteiger partial charge in [-0.05, 0) is 47.1 Å². The second kappa shape index (κ2) is 6.99. The quantitative estimate of drug-likeness (QED) is 0.379. The fourth-order valence-corrected chi connectivity index (χ4v) is 1.70. The molecule has 2 aromatic rings. The van der Waals surface area contributed by atoms with E-state index in [1.54, 1.807) is 12.1 Å². The molecule has 0 radical (unpaired) electrons. The molecule has 7 nitrogen and oxygen atoms in total. The van der Waals surface area contributed by atoms with E-state index in [2.05, 4.69) is 5.18 Å². The van der Waals surface area contributed by atoms with Crippen LogP contribution in [-0.4, -0.2) is 22.2 Å². The first-order valence-electron chi connectivity index (χ1n) is 6.39. The van der Waals surface area contributed by atoms with Crippen LogP contribution in [0, 0.1) is 4.91 Å². The summed E-state index contributed by atoms with van der Waals surface area (Å²) in [5.74, 6) is -1.86. The molecule has 0 atom stereocenters. The Morgan fingerprint density at radius 1 is 1.09 bits per heavy atom. The number of esters is 1. The minimum Gasteiger partial charge on any atom is -0.506 e. The number of carboxylic acids is 1. The van der Waals surface area contributed by atoms with E-state index in [9.17, 15) is 19.6 Å². The molecule has 0 aliphatic carbocycles. The predicted molar refractivity (Wildman–Crippen MR) is 81.6 cm³/mol. The number of phenols is 1. The van der Waals surface area contributed by atoms with E-state index in [1.165, 1.54) is 30.3 Å². The van der Waals surface area contributed by atoms with E-state index in [0.717, 1.165) is 12.1 Å². The number of nitrogens with zero attached hydrogens (tertiary/aromatic N) is 1. The van der Waals surface area contributed by atoms with Crippen molar-refractivity contribution in [1.29, 1.82) is 0 Å². The van der Waals surface area contributed by atoms with Crippen LogP contribution in [0.2, 0.25) is 0 Å². The monoisotopic (exact) mass is 313 g/mol. The average molecular weight is 313 g/mol. The van der Waals surface area contributed by atoms with Gasteiger partial charge in [-0.2, -0.15) is 0 Å². The minimum absolute atomic E-state index is 0.0623. The number of carbonyl (C=O) groups excluding carboxylic acids is 1. The molecule has 2 N–H and O–H groups in total. The van der Waals surface area contributed by atoms with Gasteiger partial charge in [0, 0.05) is 6.08 Å². The van der Waals surface area contributed by atoms with Gasteiger partial charge >= 0.3 is 11.9 Å². The van der Waals surface area contributed by atoms with Gasteiger partial charge in [0.2, 0.25) is 0 Å². The van der Waals surface area contributed by atoms with Gasteiger partial charge in [0.25, 0.3) is 0 Å². The number of carboxylic acid groups (broad SMARTS) is 1. The molecule has 0 aromatic heterocycles. The number of carbonyl (C=O) groups is 2. The Labute approximate surface area is 130 Å². The van der Waals surface area contributed by atoms with Crippen molar-refractivity contribution in [1.82, 2.24) is 0 Å². The summed E-state index contributed by atoms with van der Waals surface area (Å²) in [5, 5.41) is 20.5. The number of phenolic OH excluding ortho intramolecular Hbond substituents is 1. The van der Waals surface area contributed by atoms with Gasteiger partial charge in [-0.1, -0.05) is 12.1 Å². The van der Waals surface area contributed by atoms with Crippen LogP contribution >= 0.6 is 0 Å². The number of aliphatic carboxylic acids is 1. The fourth-order valence-electron chi connectivity index (χ4n) is 1.70. The molecule has 0 aliphatic heterocycles. The van der Waals surface area contributed by atoms with Crippen LogP contribution in [0.4, 0.5) is 5.69 Å². The van der Waals surface area contributed by atoms with Crippen molar-refractivity contribution in [2.75, 3.05) is 0 Å². The number of rotatable bonds is 5. The third-order valence-electron chi connectivity index (χ3n) is 2.82. The fraction of sp³-hybridized carbons (Fsp3) is 0. The molecule has 2 aromatic carbocycles. The molecule has 0 aliphatic rings. The number of benzene rings is 2. The zero-order chi connectivity index (χ0) is 16.8. The molecule has 0 amide bonds. The molecule has 0 heterocycles. The van der Waals surface area contributed by atoms with E-state index in [1.807, 2.05) is 0 Å². The van der Waals surface area contributed by atoms with E-state index in [-0.39, 0.29) is 22.7 Å². The zero-order valence-electron chi connectivity index (χ0n) is 11.7. The topological polar surface area (TPSA) is 113 Å². The normalized spacial score (nSPS) is 10.4. The third-order valence-corrected chi connectivity index (χ3v) is 2.82. The van der Waals surface area contributed by atoms with Gasteiger partial charge in [0.1, 0.15) is 17.2 Å². The molecule has 0 spiro atoms. The Morgan fingerprint density at radius 3 is 2.39 bits per heavy atom. The van der Waals surface area contributed by atoms with Crippen molar-refractivity contribution in [3.63, 3.8) is 0 Å². The SMILES string of the molecule is O=Nc1cc(C(=O)Oc2ccc(/C=C\C(=O)O)cc2)ccc1O. The highest BCUT2D eigenvalue weighted by atomic mass is 16.5. The highest BCUT2D eigenvalue weighted by Gasteiger charge is 2.12.